The standard InChI is InChI=1S/C21H26N4O3/c1-15-3-5-17(6-4-15)19(23-16(2)26)13-21(27)24-20-8-7-18(14-22-20)25-9-11-28-12-10-25/h3-8,14,19H,9-13H2,1-2H3,(H,23,26)(H,22,24,27). The van der Waals surface area contributed by atoms with Crippen molar-refractivity contribution in [3.8, 4) is 0 Å². The fourth-order valence-corrected chi connectivity index (χ4v) is 3.14. The number of benzene rings is 1. The van der Waals surface area contributed by atoms with E-state index in [9.17, 15) is 9.59 Å². The fraction of sp³-hybridized carbons (Fsp3) is 0.381. The van der Waals surface area contributed by atoms with Crippen LogP contribution in [0.1, 0.15) is 30.5 Å². The number of morpholine rings is 1. The van der Waals surface area contributed by atoms with Crippen molar-refractivity contribution in [2.75, 3.05) is 36.5 Å². The minimum atomic E-state index is -0.384. The number of ether oxygens (including phenoxy) is 1. The number of nitrogens with zero attached hydrogens (tertiary/aromatic N) is 2. The van der Waals surface area contributed by atoms with E-state index < -0.39 is 0 Å². The number of hydrogen-bond acceptors (Lipinski definition) is 5. The van der Waals surface area contributed by atoms with E-state index in [4.69, 9.17) is 4.74 Å². The van der Waals surface area contributed by atoms with Crippen LogP contribution in [0.15, 0.2) is 42.6 Å². The normalized spacial score (nSPS) is 15.0. The molecule has 148 valence electrons. The zero-order chi connectivity index (χ0) is 19.9. The Bertz CT molecular complexity index is 799. The number of carbonyl (C=O) groups is 2. The van der Waals surface area contributed by atoms with Crippen LogP contribution in [0.4, 0.5) is 11.5 Å². The first-order valence-corrected chi connectivity index (χ1v) is 9.43. The molecule has 7 nitrogen and oxygen atoms in total. The van der Waals surface area contributed by atoms with Gasteiger partial charge in [0.15, 0.2) is 0 Å². The van der Waals surface area contributed by atoms with Crippen molar-refractivity contribution in [3.05, 3.63) is 53.7 Å². The van der Waals surface area contributed by atoms with Gasteiger partial charge in [-0.1, -0.05) is 29.8 Å². The number of carbonyl (C=O) groups excluding carboxylic acids is 2. The van der Waals surface area contributed by atoms with E-state index in [0.717, 1.165) is 29.9 Å². The molecule has 0 bridgehead atoms. The monoisotopic (exact) mass is 382 g/mol. The molecule has 1 saturated heterocycles. The summed E-state index contributed by atoms with van der Waals surface area (Å²) in [5.41, 5.74) is 3.03. The summed E-state index contributed by atoms with van der Waals surface area (Å²) in [6, 6.07) is 11.1. The van der Waals surface area contributed by atoms with Crippen molar-refractivity contribution in [1.29, 1.82) is 0 Å². The van der Waals surface area contributed by atoms with E-state index in [1.807, 2.05) is 37.3 Å². The fourth-order valence-electron chi connectivity index (χ4n) is 3.14. The molecule has 1 aromatic heterocycles. The van der Waals surface area contributed by atoms with Crippen molar-refractivity contribution < 1.29 is 14.3 Å². The average Bonchev–Trinajstić information content (AvgIpc) is 2.69. The zero-order valence-corrected chi connectivity index (χ0v) is 16.3. The maximum Gasteiger partial charge on any atom is 0.227 e. The zero-order valence-electron chi connectivity index (χ0n) is 16.3. The number of anilines is 2. The second-order valence-corrected chi connectivity index (χ2v) is 6.92. The molecule has 1 aromatic carbocycles. The molecule has 28 heavy (non-hydrogen) atoms. The summed E-state index contributed by atoms with van der Waals surface area (Å²) in [5, 5.41) is 5.66. The molecule has 7 heteroatoms. The van der Waals surface area contributed by atoms with Crippen molar-refractivity contribution in [3.63, 3.8) is 0 Å². The molecule has 1 fully saturated rings. The predicted octanol–water partition coefficient (Wildman–Crippen LogP) is 2.43. The van der Waals surface area contributed by atoms with Crippen LogP contribution in [0, 0.1) is 6.92 Å². The van der Waals surface area contributed by atoms with Gasteiger partial charge in [0.2, 0.25) is 11.8 Å². The molecule has 1 aliphatic rings. The highest BCUT2D eigenvalue weighted by atomic mass is 16.5. The first kappa shape index (κ1) is 19.8. The largest absolute Gasteiger partial charge is 0.378 e. The summed E-state index contributed by atoms with van der Waals surface area (Å²) < 4.78 is 5.36. The molecular weight excluding hydrogens is 356 g/mol. The Balaban J connectivity index is 1.62. The Labute approximate surface area is 165 Å². The molecule has 2 heterocycles. The lowest BCUT2D eigenvalue weighted by atomic mass is 10.0. The summed E-state index contributed by atoms with van der Waals surface area (Å²) in [7, 11) is 0. The van der Waals surface area contributed by atoms with Crippen LogP contribution in [-0.4, -0.2) is 43.1 Å². The van der Waals surface area contributed by atoms with Crippen LogP contribution in [0.2, 0.25) is 0 Å². The highest BCUT2D eigenvalue weighted by Crippen LogP contribution is 2.20. The molecule has 0 spiro atoms. The average molecular weight is 382 g/mol. The highest BCUT2D eigenvalue weighted by Gasteiger charge is 2.18. The topological polar surface area (TPSA) is 83.6 Å². The number of rotatable bonds is 6. The lowest BCUT2D eigenvalue weighted by Crippen LogP contribution is -2.36. The molecule has 2 aromatic rings. The first-order chi connectivity index (χ1) is 13.5. The summed E-state index contributed by atoms with van der Waals surface area (Å²) in [5.74, 6) is 0.116. The van der Waals surface area contributed by atoms with Gasteiger partial charge >= 0.3 is 0 Å². The minimum Gasteiger partial charge on any atom is -0.378 e. The van der Waals surface area contributed by atoms with Crippen LogP contribution >= 0.6 is 0 Å². The SMILES string of the molecule is CC(=O)NC(CC(=O)Nc1ccc(N2CCOCC2)cn1)c1ccc(C)cc1. The van der Waals surface area contributed by atoms with Crippen molar-refractivity contribution in [2.45, 2.75) is 26.3 Å². The molecule has 2 amide bonds. The number of pyridine rings is 1. The van der Waals surface area contributed by atoms with Crippen LogP contribution in [0.25, 0.3) is 0 Å². The number of amides is 2. The van der Waals surface area contributed by atoms with Gasteiger partial charge in [-0.05, 0) is 24.6 Å². The molecular formula is C21H26N4O3. The molecule has 2 N–H and O–H groups in total. The number of hydrogen-bond donors (Lipinski definition) is 2. The van der Waals surface area contributed by atoms with Crippen LogP contribution in [-0.2, 0) is 14.3 Å². The van der Waals surface area contributed by atoms with Gasteiger partial charge in [0, 0.05) is 20.0 Å². The Morgan fingerprint density at radius 1 is 1.14 bits per heavy atom. The summed E-state index contributed by atoms with van der Waals surface area (Å²) in [6.45, 7) is 6.54. The number of aryl methyl sites for hydroxylation is 1. The molecule has 0 aliphatic carbocycles. The number of nitrogens with one attached hydrogen (secondary N) is 2. The van der Waals surface area contributed by atoms with E-state index >= 15 is 0 Å². The van der Waals surface area contributed by atoms with Gasteiger partial charge in [-0.25, -0.2) is 4.98 Å². The van der Waals surface area contributed by atoms with E-state index in [1.54, 1.807) is 12.3 Å². The van der Waals surface area contributed by atoms with Crippen LogP contribution in [0.5, 0.6) is 0 Å². The van der Waals surface area contributed by atoms with E-state index in [1.165, 1.54) is 6.92 Å². The molecule has 1 aliphatic heterocycles. The van der Waals surface area contributed by atoms with Gasteiger partial charge in [0.05, 0.1) is 37.6 Å². The lowest BCUT2D eigenvalue weighted by Gasteiger charge is -2.28. The van der Waals surface area contributed by atoms with Gasteiger partial charge in [-0.2, -0.15) is 0 Å². The third kappa shape index (κ3) is 5.53. The summed E-state index contributed by atoms with van der Waals surface area (Å²) >= 11 is 0. The van der Waals surface area contributed by atoms with Crippen LogP contribution in [0.3, 0.4) is 0 Å². The maximum absolute atomic E-state index is 12.5. The van der Waals surface area contributed by atoms with Gasteiger partial charge < -0.3 is 20.3 Å². The van der Waals surface area contributed by atoms with E-state index in [0.29, 0.717) is 19.0 Å². The lowest BCUT2D eigenvalue weighted by molar-refractivity contribution is -0.120. The maximum atomic E-state index is 12.5. The minimum absolute atomic E-state index is 0.134. The molecule has 0 saturated carbocycles. The van der Waals surface area contributed by atoms with Gasteiger partial charge in [-0.15, -0.1) is 0 Å². The van der Waals surface area contributed by atoms with Crippen molar-refractivity contribution in [1.82, 2.24) is 10.3 Å². The van der Waals surface area contributed by atoms with Gasteiger partial charge in [0.25, 0.3) is 0 Å². The molecule has 3 rings (SSSR count). The van der Waals surface area contributed by atoms with Gasteiger partial charge in [-0.3, -0.25) is 9.59 Å². The smallest absolute Gasteiger partial charge is 0.227 e. The summed E-state index contributed by atoms with van der Waals surface area (Å²) in [6.07, 6.45) is 1.89. The van der Waals surface area contributed by atoms with E-state index in [2.05, 4.69) is 20.5 Å². The molecule has 1 atom stereocenters. The Hall–Kier alpha value is -2.93. The van der Waals surface area contributed by atoms with Gasteiger partial charge in [0.1, 0.15) is 5.82 Å². The van der Waals surface area contributed by atoms with Crippen molar-refractivity contribution in [2.24, 2.45) is 0 Å². The predicted molar refractivity (Wildman–Crippen MR) is 108 cm³/mol. The second kappa shape index (κ2) is 9.32. The third-order valence-corrected chi connectivity index (χ3v) is 4.64. The van der Waals surface area contributed by atoms with E-state index in [-0.39, 0.29) is 24.3 Å². The molecule has 1 unspecified atom stereocenters. The Kier molecular flexibility index (Phi) is 6.60. The first-order valence-electron chi connectivity index (χ1n) is 9.43. The van der Waals surface area contributed by atoms with Crippen molar-refractivity contribution >= 4 is 23.3 Å². The number of aromatic nitrogens is 1. The Morgan fingerprint density at radius 3 is 2.46 bits per heavy atom. The third-order valence-electron chi connectivity index (χ3n) is 4.64. The Morgan fingerprint density at radius 2 is 1.86 bits per heavy atom. The summed E-state index contributed by atoms with van der Waals surface area (Å²) in [4.78, 5) is 30.6. The van der Waals surface area contributed by atoms with Crippen LogP contribution < -0.4 is 15.5 Å². The highest BCUT2D eigenvalue weighted by molar-refractivity contribution is 5.90. The second-order valence-electron chi connectivity index (χ2n) is 6.92. The quantitative estimate of drug-likeness (QED) is 0.802. The molecule has 0 radical (unpaired) electrons.